The lowest BCUT2D eigenvalue weighted by Gasteiger charge is -1.90. The molecule has 2 heteroatoms. The monoisotopic (exact) mass is 170 g/mol. The first-order valence-electron chi connectivity index (χ1n) is 4.39. The van der Waals surface area contributed by atoms with E-state index in [1.165, 1.54) is 27.5 Å². The highest BCUT2D eigenvalue weighted by Crippen LogP contribution is 2.21. The quantitative estimate of drug-likeness (QED) is 0.520. The molecule has 1 aromatic carbocycles. The van der Waals surface area contributed by atoms with Crippen molar-refractivity contribution in [3.63, 3.8) is 0 Å². The van der Waals surface area contributed by atoms with Crippen LogP contribution in [0.25, 0.3) is 21.8 Å². The number of hydrogen-bond donors (Lipinski definition) is 2. The van der Waals surface area contributed by atoms with Crippen molar-refractivity contribution in [2.75, 3.05) is 0 Å². The van der Waals surface area contributed by atoms with Gasteiger partial charge >= 0.3 is 0 Å². The van der Waals surface area contributed by atoms with Crippen molar-refractivity contribution in [3.05, 3.63) is 36.2 Å². The Morgan fingerprint density at radius 3 is 2.85 bits per heavy atom. The number of benzene rings is 1. The van der Waals surface area contributed by atoms with E-state index in [0.717, 1.165) is 0 Å². The molecule has 0 saturated carbocycles. The van der Waals surface area contributed by atoms with Crippen molar-refractivity contribution in [2.45, 2.75) is 6.92 Å². The summed E-state index contributed by atoms with van der Waals surface area (Å²) in [7, 11) is 0. The summed E-state index contributed by atoms with van der Waals surface area (Å²) in [5.41, 5.74) is 3.60. The minimum Gasteiger partial charge on any atom is -0.361 e. The Bertz CT molecular complexity index is 524. The van der Waals surface area contributed by atoms with Gasteiger partial charge in [0, 0.05) is 33.7 Å². The van der Waals surface area contributed by atoms with Gasteiger partial charge in [-0.25, -0.2) is 0 Å². The fourth-order valence-electron chi connectivity index (χ4n) is 1.83. The van der Waals surface area contributed by atoms with Crippen LogP contribution in [0.5, 0.6) is 0 Å². The molecule has 0 unspecified atom stereocenters. The van der Waals surface area contributed by atoms with Gasteiger partial charge in [-0.3, -0.25) is 0 Å². The maximum absolute atomic E-state index is 3.32. The number of H-pyrrole nitrogens is 2. The summed E-state index contributed by atoms with van der Waals surface area (Å²) in [5.74, 6) is 0. The van der Waals surface area contributed by atoms with Crippen LogP contribution in [0.4, 0.5) is 0 Å². The Labute approximate surface area is 75.6 Å². The first-order chi connectivity index (χ1) is 6.33. The van der Waals surface area contributed by atoms with E-state index >= 15 is 0 Å². The molecule has 0 fully saturated rings. The van der Waals surface area contributed by atoms with Gasteiger partial charge in [0.25, 0.3) is 0 Å². The van der Waals surface area contributed by atoms with Crippen molar-refractivity contribution in [2.24, 2.45) is 0 Å². The third kappa shape index (κ3) is 0.886. The molecule has 2 N–H and O–H groups in total. The molecule has 0 aliphatic carbocycles. The number of nitrogens with one attached hydrogen (secondary N) is 2. The summed E-state index contributed by atoms with van der Waals surface area (Å²) in [5, 5.41) is 2.55. The highest BCUT2D eigenvalue weighted by molar-refractivity contribution is 5.95. The molecule has 3 aromatic rings. The second-order valence-electron chi connectivity index (χ2n) is 3.46. The Hall–Kier alpha value is -1.70. The maximum Gasteiger partial charge on any atom is 0.0477 e. The summed E-state index contributed by atoms with van der Waals surface area (Å²) >= 11 is 0. The highest BCUT2D eigenvalue weighted by Gasteiger charge is 2.00. The normalized spacial score (nSPS) is 11.5. The Morgan fingerprint density at radius 1 is 1.00 bits per heavy atom. The summed E-state index contributed by atoms with van der Waals surface area (Å²) in [6.45, 7) is 2.08. The van der Waals surface area contributed by atoms with E-state index in [9.17, 15) is 0 Å². The average Bonchev–Trinajstić information content (AvgIpc) is 2.63. The number of rotatable bonds is 0. The lowest BCUT2D eigenvalue weighted by atomic mass is 10.2. The molecular formula is C11H10N2. The predicted molar refractivity (Wildman–Crippen MR) is 54.9 cm³/mol. The van der Waals surface area contributed by atoms with Gasteiger partial charge in [-0.2, -0.15) is 0 Å². The van der Waals surface area contributed by atoms with E-state index in [0.29, 0.717) is 0 Å². The molecule has 0 aliphatic heterocycles. The molecule has 2 aromatic heterocycles. The molecule has 0 spiro atoms. The minimum atomic E-state index is 1.19. The topological polar surface area (TPSA) is 31.6 Å². The van der Waals surface area contributed by atoms with Gasteiger partial charge in [-0.1, -0.05) is 0 Å². The van der Waals surface area contributed by atoms with Gasteiger partial charge < -0.3 is 9.97 Å². The smallest absolute Gasteiger partial charge is 0.0477 e. The first kappa shape index (κ1) is 6.78. The van der Waals surface area contributed by atoms with Crippen LogP contribution in [0.2, 0.25) is 0 Å². The van der Waals surface area contributed by atoms with E-state index < -0.39 is 0 Å². The second-order valence-corrected chi connectivity index (χ2v) is 3.46. The summed E-state index contributed by atoms with van der Waals surface area (Å²) in [4.78, 5) is 6.52. The number of aromatic amines is 2. The van der Waals surface area contributed by atoms with Crippen LogP contribution in [0.3, 0.4) is 0 Å². The van der Waals surface area contributed by atoms with Crippen LogP contribution in [-0.2, 0) is 0 Å². The fraction of sp³-hybridized carbons (Fsp3) is 0.0909. The fourth-order valence-corrected chi connectivity index (χ4v) is 1.83. The largest absolute Gasteiger partial charge is 0.361 e. The van der Waals surface area contributed by atoms with E-state index in [-0.39, 0.29) is 0 Å². The predicted octanol–water partition coefficient (Wildman–Crippen LogP) is 2.96. The minimum absolute atomic E-state index is 1.19. The lowest BCUT2D eigenvalue weighted by Crippen LogP contribution is -1.70. The van der Waals surface area contributed by atoms with Gasteiger partial charge in [-0.15, -0.1) is 0 Å². The average molecular weight is 170 g/mol. The summed E-state index contributed by atoms with van der Waals surface area (Å²) < 4.78 is 0. The van der Waals surface area contributed by atoms with Gasteiger partial charge in [-0.05, 0) is 31.2 Å². The molecule has 2 heterocycles. The van der Waals surface area contributed by atoms with E-state index in [4.69, 9.17) is 0 Å². The molecule has 13 heavy (non-hydrogen) atoms. The molecule has 0 aliphatic rings. The third-order valence-corrected chi connectivity index (χ3v) is 2.43. The van der Waals surface area contributed by atoms with Crippen LogP contribution in [0.1, 0.15) is 5.69 Å². The first-order valence-corrected chi connectivity index (χ1v) is 4.39. The Kier molecular flexibility index (Phi) is 1.13. The van der Waals surface area contributed by atoms with E-state index in [2.05, 4.69) is 41.2 Å². The van der Waals surface area contributed by atoms with Crippen molar-refractivity contribution in [3.8, 4) is 0 Å². The number of hydrogen-bond acceptors (Lipinski definition) is 0. The number of fused-ring (bicyclic) bond motifs is 2. The molecule has 64 valence electrons. The maximum atomic E-state index is 3.32. The van der Waals surface area contributed by atoms with Gasteiger partial charge in [0.1, 0.15) is 0 Å². The summed E-state index contributed by atoms with van der Waals surface area (Å²) in [6, 6.07) is 8.61. The molecule has 3 rings (SSSR count). The molecule has 0 radical (unpaired) electrons. The molecule has 0 saturated heterocycles. The summed E-state index contributed by atoms with van der Waals surface area (Å²) in [6.07, 6.45) is 1.97. The van der Waals surface area contributed by atoms with Crippen LogP contribution >= 0.6 is 0 Å². The van der Waals surface area contributed by atoms with Gasteiger partial charge in [0.15, 0.2) is 0 Å². The molecule has 0 amide bonds. The number of aryl methyl sites for hydroxylation is 1. The van der Waals surface area contributed by atoms with Crippen molar-refractivity contribution in [1.82, 2.24) is 9.97 Å². The number of aromatic nitrogens is 2. The zero-order valence-electron chi connectivity index (χ0n) is 7.39. The second kappa shape index (κ2) is 2.16. The highest BCUT2D eigenvalue weighted by atomic mass is 14.7. The SMILES string of the molecule is Cc1cc2cc3cc[nH]c3cc2[nH]1. The zero-order chi connectivity index (χ0) is 8.84. The standard InChI is InChI=1S/C11H10N2/c1-7-4-9-5-8-2-3-12-10(8)6-11(9)13-7/h2-6,12-13H,1H3. The van der Waals surface area contributed by atoms with Crippen molar-refractivity contribution < 1.29 is 0 Å². The van der Waals surface area contributed by atoms with Gasteiger partial charge in [0.2, 0.25) is 0 Å². The Morgan fingerprint density at radius 2 is 1.92 bits per heavy atom. The van der Waals surface area contributed by atoms with Crippen LogP contribution in [0, 0.1) is 6.92 Å². The lowest BCUT2D eigenvalue weighted by molar-refractivity contribution is 1.30. The molecular weight excluding hydrogens is 160 g/mol. The van der Waals surface area contributed by atoms with Crippen molar-refractivity contribution >= 4 is 21.8 Å². The molecule has 2 nitrogen and oxygen atoms in total. The molecule has 0 bridgehead atoms. The molecule has 0 atom stereocenters. The van der Waals surface area contributed by atoms with Gasteiger partial charge in [0.05, 0.1) is 0 Å². The van der Waals surface area contributed by atoms with Crippen LogP contribution in [0.15, 0.2) is 30.5 Å². The van der Waals surface area contributed by atoms with E-state index in [1.54, 1.807) is 0 Å². The third-order valence-electron chi connectivity index (χ3n) is 2.43. The van der Waals surface area contributed by atoms with Crippen LogP contribution < -0.4 is 0 Å². The van der Waals surface area contributed by atoms with E-state index in [1.807, 2.05) is 6.20 Å². The van der Waals surface area contributed by atoms with Crippen molar-refractivity contribution in [1.29, 1.82) is 0 Å². The zero-order valence-corrected chi connectivity index (χ0v) is 7.39. The van der Waals surface area contributed by atoms with Crippen LogP contribution in [-0.4, -0.2) is 9.97 Å². The Balaban J connectivity index is 2.54.